The Labute approximate surface area is 89.8 Å². The monoisotopic (exact) mass is 211 g/mol. The van der Waals surface area contributed by atoms with Crippen LogP contribution in [0.25, 0.3) is 0 Å². The molecule has 0 saturated heterocycles. The van der Waals surface area contributed by atoms with Crippen molar-refractivity contribution in [3.05, 3.63) is 24.5 Å². The minimum Gasteiger partial charge on any atom is -0.443 e. The highest BCUT2D eigenvalue weighted by Crippen LogP contribution is 2.08. The normalized spacial score (nSPS) is 9.87. The van der Waals surface area contributed by atoms with Gasteiger partial charge in [0.05, 0.1) is 0 Å². The summed E-state index contributed by atoms with van der Waals surface area (Å²) in [6.07, 6.45) is 3.73. The fourth-order valence-corrected chi connectivity index (χ4v) is 0.771. The van der Waals surface area contributed by atoms with Crippen molar-refractivity contribution in [2.75, 3.05) is 0 Å². The number of ether oxygens (including phenoxy) is 1. The highest BCUT2D eigenvalue weighted by atomic mass is 16.6. The number of aldehydes is 1. The second-order valence-electron chi connectivity index (χ2n) is 3.81. The van der Waals surface area contributed by atoms with E-state index in [9.17, 15) is 4.79 Å². The molecule has 1 heterocycles. The van der Waals surface area contributed by atoms with Gasteiger partial charge in [0.2, 0.25) is 0 Å². The third-order valence-electron chi connectivity index (χ3n) is 1.21. The number of hydrogen-bond donors (Lipinski definition) is 0. The second kappa shape index (κ2) is 6.01. The molecule has 0 aliphatic heterocycles. The van der Waals surface area contributed by atoms with Crippen LogP contribution in [0.2, 0.25) is 0 Å². The first-order chi connectivity index (χ1) is 6.90. The molecule has 0 N–H and O–H groups in total. The number of aromatic nitrogens is 1. The van der Waals surface area contributed by atoms with E-state index in [1.165, 1.54) is 11.5 Å². The lowest BCUT2D eigenvalue weighted by molar-refractivity contribution is -0.106. The van der Waals surface area contributed by atoms with Crippen LogP contribution in [0.4, 0.5) is 4.79 Å². The van der Waals surface area contributed by atoms with Gasteiger partial charge in [0.25, 0.3) is 0 Å². The quantitative estimate of drug-likeness (QED) is 0.619. The van der Waals surface area contributed by atoms with Gasteiger partial charge >= 0.3 is 6.09 Å². The van der Waals surface area contributed by atoms with Gasteiger partial charge < -0.3 is 9.53 Å². The van der Waals surface area contributed by atoms with Gasteiger partial charge in [0.15, 0.2) is 0 Å². The van der Waals surface area contributed by atoms with Crippen LogP contribution in [0.15, 0.2) is 24.5 Å². The summed E-state index contributed by atoms with van der Waals surface area (Å²) in [6.45, 7) is 6.97. The lowest BCUT2D eigenvalue weighted by atomic mass is 10.2. The van der Waals surface area contributed by atoms with E-state index in [1.54, 1.807) is 24.5 Å². The van der Waals surface area contributed by atoms with E-state index < -0.39 is 5.60 Å². The van der Waals surface area contributed by atoms with Crippen LogP contribution >= 0.6 is 0 Å². The molecule has 84 valence electrons. The topological polar surface area (TPSA) is 48.3 Å². The molecule has 0 unspecified atom stereocenters. The highest BCUT2D eigenvalue weighted by Gasteiger charge is 2.16. The molecule has 0 aliphatic rings. The van der Waals surface area contributed by atoms with Gasteiger partial charge in [-0.3, -0.25) is 4.57 Å². The van der Waals surface area contributed by atoms with E-state index in [4.69, 9.17) is 9.53 Å². The summed E-state index contributed by atoms with van der Waals surface area (Å²) in [5.74, 6) is 0. The molecule has 0 radical (unpaired) electrons. The van der Waals surface area contributed by atoms with Crippen LogP contribution in [0.1, 0.15) is 27.7 Å². The molecule has 0 spiro atoms. The lowest BCUT2D eigenvalue weighted by Gasteiger charge is -2.19. The SMILES string of the molecule is CC(C)(C)OC(=O)n1cccc1.CC=O. The van der Waals surface area contributed by atoms with Gasteiger partial charge in [-0.1, -0.05) is 0 Å². The molecule has 4 heteroatoms. The van der Waals surface area contributed by atoms with Gasteiger partial charge in [0, 0.05) is 12.4 Å². The molecule has 0 aliphatic carbocycles. The summed E-state index contributed by atoms with van der Waals surface area (Å²) in [5.41, 5.74) is -0.429. The molecule has 0 aromatic carbocycles. The maximum absolute atomic E-state index is 11.3. The fourth-order valence-electron chi connectivity index (χ4n) is 0.771. The molecule has 4 nitrogen and oxygen atoms in total. The molecule has 1 aromatic heterocycles. The predicted octanol–water partition coefficient (Wildman–Crippen LogP) is 2.48. The van der Waals surface area contributed by atoms with Crippen LogP contribution in [-0.2, 0) is 9.53 Å². The average Bonchev–Trinajstić information content (AvgIpc) is 2.53. The van der Waals surface area contributed by atoms with E-state index in [-0.39, 0.29) is 6.09 Å². The fraction of sp³-hybridized carbons (Fsp3) is 0.455. The summed E-state index contributed by atoms with van der Waals surface area (Å²) in [7, 11) is 0. The highest BCUT2D eigenvalue weighted by molar-refractivity contribution is 5.70. The van der Waals surface area contributed by atoms with Crippen molar-refractivity contribution in [3.63, 3.8) is 0 Å². The van der Waals surface area contributed by atoms with Crippen molar-refractivity contribution >= 4 is 12.4 Å². The summed E-state index contributed by atoms with van der Waals surface area (Å²) < 4.78 is 6.51. The van der Waals surface area contributed by atoms with Gasteiger partial charge in [-0.25, -0.2) is 4.79 Å². The van der Waals surface area contributed by atoms with E-state index in [0.717, 1.165) is 6.29 Å². The summed E-state index contributed by atoms with van der Waals surface area (Å²) in [5, 5.41) is 0. The smallest absolute Gasteiger partial charge is 0.418 e. The number of hydrogen-bond acceptors (Lipinski definition) is 3. The Hall–Kier alpha value is -1.58. The summed E-state index contributed by atoms with van der Waals surface area (Å²) in [4.78, 5) is 20.1. The number of rotatable bonds is 0. The van der Waals surface area contributed by atoms with Gasteiger partial charge in [-0.05, 0) is 39.8 Å². The Morgan fingerprint density at radius 2 is 1.67 bits per heavy atom. The third-order valence-corrected chi connectivity index (χ3v) is 1.21. The van der Waals surface area contributed by atoms with Crippen molar-refractivity contribution in [2.45, 2.75) is 33.3 Å². The van der Waals surface area contributed by atoms with Crippen LogP contribution in [0, 0.1) is 0 Å². The van der Waals surface area contributed by atoms with E-state index >= 15 is 0 Å². The van der Waals surface area contributed by atoms with Crippen molar-refractivity contribution in [1.29, 1.82) is 0 Å². The third kappa shape index (κ3) is 6.49. The maximum Gasteiger partial charge on any atom is 0.418 e. The molecule has 0 amide bonds. The van der Waals surface area contributed by atoms with E-state index in [0.29, 0.717) is 0 Å². The molecule has 0 bridgehead atoms. The molecule has 1 rings (SSSR count). The molecule has 0 fully saturated rings. The summed E-state index contributed by atoms with van der Waals surface area (Å²) in [6, 6.07) is 3.56. The molecular formula is C11H17NO3. The summed E-state index contributed by atoms with van der Waals surface area (Å²) >= 11 is 0. The maximum atomic E-state index is 11.3. The largest absolute Gasteiger partial charge is 0.443 e. The first-order valence-corrected chi connectivity index (χ1v) is 4.67. The molecule has 15 heavy (non-hydrogen) atoms. The minimum atomic E-state index is -0.429. The van der Waals surface area contributed by atoms with Gasteiger partial charge in [0.1, 0.15) is 11.9 Å². The molecule has 0 atom stereocenters. The van der Waals surface area contributed by atoms with Crippen LogP contribution in [0.5, 0.6) is 0 Å². The zero-order valence-corrected chi connectivity index (χ0v) is 9.56. The minimum absolute atomic E-state index is 0.340. The first kappa shape index (κ1) is 13.4. The average molecular weight is 211 g/mol. The molecular weight excluding hydrogens is 194 g/mol. The predicted molar refractivity (Wildman–Crippen MR) is 57.8 cm³/mol. The Morgan fingerprint density at radius 3 is 2.00 bits per heavy atom. The van der Waals surface area contributed by atoms with Gasteiger partial charge in [-0.15, -0.1) is 0 Å². The zero-order chi connectivity index (χ0) is 11.9. The number of carbonyl (C=O) groups excluding carboxylic acids is 2. The number of carbonyl (C=O) groups is 2. The Morgan fingerprint density at radius 1 is 1.27 bits per heavy atom. The lowest BCUT2D eigenvalue weighted by Crippen LogP contribution is -2.26. The Bertz CT molecular complexity index is 296. The van der Waals surface area contributed by atoms with Crippen LogP contribution in [0.3, 0.4) is 0 Å². The molecule has 0 saturated carbocycles. The second-order valence-corrected chi connectivity index (χ2v) is 3.81. The Kier molecular flexibility index (Phi) is 5.37. The van der Waals surface area contributed by atoms with Crippen molar-refractivity contribution in [3.8, 4) is 0 Å². The number of nitrogens with zero attached hydrogens (tertiary/aromatic N) is 1. The van der Waals surface area contributed by atoms with Crippen LogP contribution in [-0.4, -0.2) is 22.5 Å². The van der Waals surface area contributed by atoms with Gasteiger partial charge in [-0.2, -0.15) is 0 Å². The van der Waals surface area contributed by atoms with Crippen molar-refractivity contribution in [1.82, 2.24) is 4.57 Å². The van der Waals surface area contributed by atoms with Crippen LogP contribution < -0.4 is 0 Å². The van der Waals surface area contributed by atoms with Crippen molar-refractivity contribution < 1.29 is 14.3 Å². The first-order valence-electron chi connectivity index (χ1n) is 4.67. The Balaban J connectivity index is 0.000000583. The van der Waals surface area contributed by atoms with E-state index in [1.807, 2.05) is 20.8 Å². The molecule has 1 aromatic rings. The van der Waals surface area contributed by atoms with E-state index in [2.05, 4.69) is 0 Å². The standard InChI is InChI=1S/C9H13NO2.C2H4O/c1-9(2,3)12-8(11)10-6-4-5-7-10;1-2-3/h4-7H,1-3H3;2H,1H3. The zero-order valence-electron chi connectivity index (χ0n) is 9.56. The van der Waals surface area contributed by atoms with Crippen molar-refractivity contribution in [2.24, 2.45) is 0 Å².